The Labute approximate surface area is 125 Å². The third kappa shape index (κ3) is 4.70. The van der Waals surface area contributed by atoms with Gasteiger partial charge in [0.2, 0.25) is 0 Å². The average molecular weight is 342 g/mol. The number of carbonyl (C=O) groups excluding carboxylic acids is 1. The summed E-state index contributed by atoms with van der Waals surface area (Å²) in [5.41, 5.74) is -4.53. The van der Waals surface area contributed by atoms with Crippen LogP contribution in [0.25, 0.3) is 0 Å². The van der Waals surface area contributed by atoms with Crippen molar-refractivity contribution in [2.75, 3.05) is 18.8 Å². The quantitative estimate of drug-likeness (QED) is 0.416. The summed E-state index contributed by atoms with van der Waals surface area (Å²) in [5.74, 6) is 2.23. The Kier molecular flexibility index (Phi) is 4.92. The Morgan fingerprint density at radius 2 is 1.55 bits per heavy atom. The predicted molar refractivity (Wildman–Crippen MR) is 74.1 cm³/mol. The highest BCUT2D eigenvalue weighted by Gasteiger charge is 2.39. The van der Waals surface area contributed by atoms with Crippen molar-refractivity contribution in [2.24, 2.45) is 0 Å². The smallest absolute Gasteiger partial charge is 0.298 e. The van der Waals surface area contributed by atoms with Crippen molar-refractivity contribution in [3.05, 3.63) is 34.4 Å². The van der Waals surface area contributed by atoms with E-state index in [2.05, 4.69) is 11.2 Å². The molecule has 0 saturated heterocycles. The van der Waals surface area contributed by atoms with Gasteiger partial charge in [0.15, 0.2) is 6.29 Å². The van der Waals surface area contributed by atoms with E-state index < -0.39 is 44.6 Å². The number of halogens is 6. The predicted octanol–water partition coefficient (Wildman–Crippen LogP) is 4.54. The topological polar surface area (TPSA) is 17.1 Å². The first-order valence-corrected chi connectivity index (χ1v) is 8.60. The van der Waals surface area contributed by atoms with Gasteiger partial charge in [0.1, 0.15) is 0 Å². The molecule has 0 spiro atoms. The van der Waals surface area contributed by atoms with Gasteiger partial charge in [-0.15, -0.1) is 0 Å². The van der Waals surface area contributed by atoms with Gasteiger partial charge in [-0.2, -0.15) is 36.4 Å². The van der Waals surface area contributed by atoms with Crippen molar-refractivity contribution in [2.45, 2.75) is 12.4 Å². The molecular weight excluding hydrogens is 330 g/mol. The Morgan fingerprint density at radius 3 is 1.91 bits per heavy atom. The normalized spacial score (nSPS) is 13.3. The molecule has 22 heavy (non-hydrogen) atoms. The third-order valence-corrected chi connectivity index (χ3v) is 3.13. The average Bonchev–Trinajstić information content (AvgIpc) is 2.31. The van der Waals surface area contributed by atoms with E-state index in [4.69, 9.17) is 0 Å². The summed E-state index contributed by atoms with van der Waals surface area (Å²) in [6.45, 7) is 0. The van der Waals surface area contributed by atoms with E-state index in [1.165, 1.54) is 0 Å². The summed E-state index contributed by atoms with van der Waals surface area (Å²) in [6, 6.07) is 0.360. The summed E-state index contributed by atoms with van der Waals surface area (Å²) >= 11 is 0. The molecule has 0 fully saturated rings. The minimum absolute atomic E-state index is 0.0188. The van der Waals surface area contributed by atoms with Crippen LogP contribution in [0.2, 0.25) is 0 Å². The fourth-order valence-electron chi connectivity index (χ4n) is 1.49. The molecule has 0 aromatic heterocycles. The highest BCUT2D eigenvalue weighted by Crippen LogP contribution is 2.39. The highest BCUT2D eigenvalue weighted by atomic mass is 32.3. The van der Waals surface area contributed by atoms with Gasteiger partial charge in [0.05, 0.1) is 11.1 Å². The second-order valence-corrected chi connectivity index (χ2v) is 9.04. The van der Waals surface area contributed by atoms with Crippen molar-refractivity contribution < 1.29 is 31.1 Å². The number of hydrogen-bond donors (Lipinski definition) is 0. The Bertz CT molecular complexity index is 641. The van der Waals surface area contributed by atoms with E-state index in [0.29, 0.717) is 6.07 Å². The lowest BCUT2D eigenvalue weighted by Crippen LogP contribution is -2.14. The van der Waals surface area contributed by atoms with Gasteiger partial charge in [0, 0.05) is 11.1 Å². The van der Waals surface area contributed by atoms with Crippen LogP contribution in [0.1, 0.15) is 27.0 Å². The molecule has 0 N–H and O–H groups in total. The molecule has 1 nitrogen and oxygen atoms in total. The molecule has 0 heterocycles. The van der Waals surface area contributed by atoms with Crippen molar-refractivity contribution in [3.63, 3.8) is 0 Å². The summed E-state index contributed by atoms with van der Waals surface area (Å²) in [5, 5.41) is 2.58. The molecular formula is C14H12F6OS. The van der Waals surface area contributed by atoms with Crippen LogP contribution in [0.15, 0.2) is 12.1 Å². The van der Waals surface area contributed by atoms with Crippen LogP contribution in [-0.2, 0) is 12.4 Å². The standard InChI is InChI=1S/C14H12F6OS/c1-22(2,3)5-4-11-9(8-21)6-10(13(15,16)17)7-12(11)14(18,19)20/h6-8H,1-3H3. The molecule has 0 amide bonds. The Hall–Kier alpha value is -1.62. The Balaban J connectivity index is 3.73. The highest BCUT2D eigenvalue weighted by molar-refractivity contribution is 8.35. The summed E-state index contributed by atoms with van der Waals surface area (Å²) < 4.78 is 77.0. The molecule has 0 aliphatic rings. The zero-order valence-corrected chi connectivity index (χ0v) is 12.6. The fraction of sp³-hybridized carbons (Fsp3) is 0.357. The van der Waals surface area contributed by atoms with E-state index in [9.17, 15) is 31.1 Å². The van der Waals surface area contributed by atoms with Crippen LogP contribution < -0.4 is 0 Å². The zero-order valence-electron chi connectivity index (χ0n) is 11.8. The molecule has 0 aliphatic carbocycles. The molecule has 8 heteroatoms. The van der Waals surface area contributed by atoms with Crippen molar-refractivity contribution in [1.82, 2.24) is 0 Å². The van der Waals surface area contributed by atoms with Crippen molar-refractivity contribution >= 4 is 16.3 Å². The summed E-state index contributed by atoms with van der Waals surface area (Å²) in [4.78, 5) is 10.9. The molecule has 1 rings (SSSR count). The molecule has 1 aromatic carbocycles. The monoisotopic (exact) mass is 342 g/mol. The van der Waals surface area contributed by atoms with Gasteiger partial charge >= 0.3 is 12.4 Å². The molecule has 122 valence electrons. The number of benzene rings is 1. The van der Waals surface area contributed by atoms with Gasteiger partial charge in [-0.05, 0) is 36.2 Å². The number of rotatable bonds is 1. The van der Waals surface area contributed by atoms with Gasteiger partial charge in [-0.1, -0.05) is 5.92 Å². The second-order valence-electron chi connectivity index (χ2n) is 5.17. The lowest BCUT2D eigenvalue weighted by Gasteiger charge is -2.17. The number of hydrogen-bond acceptors (Lipinski definition) is 1. The first-order chi connectivity index (χ1) is 9.75. The molecule has 0 unspecified atom stereocenters. The lowest BCUT2D eigenvalue weighted by molar-refractivity contribution is -0.143. The maximum Gasteiger partial charge on any atom is 0.417 e. The van der Waals surface area contributed by atoms with Crippen molar-refractivity contribution in [3.8, 4) is 11.2 Å². The Morgan fingerprint density at radius 1 is 1.00 bits per heavy atom. The maximum absolute atomic E-state index is 13.0. The van der Waals surface area contributed by atoms with E-state index in [0.717, 1.165) is 0 Å². The van der Waals surface area contributed by atoms with Crippen molar-refractivity contribution in [1.29, 1.82) is 0 Å². The van der Waals surface area contributed by atoms with Crippen LogP contribution in [-0.4, -0.2) is 25.1 Å². The summed E-state index contributed by atoms with van der Waals surface area (Å²) in [7, 11) is -1.51. The van der Waals surface area contributed by atoms with Crippen LogP contribution in [0.4, 0.5) is 26.3 Å². The molecule has 0 atom stereocenters. The zero-order chi connectivity index (χ0) is 17.3. The fourth-order valence-corrected chi connectivity index (χ4v) is 1.90. The third-order valence-electron chi connectivity index (χ3n) is 2.41. The molecule has 1 aromatic rings. The number of carbonyl (C=O) groups is 1. The van der Waals surface area contributed by atoms with Gasteiger partial charge in [-0.3, -0.25) is 4.79 Å². The van der Waals surface area contributed by atoms with E-state index in [1.54, 1.807) is 18.8 Å². The number of aldehydes is 1. The summed E-state index contributed by atoms with van der Waals surface area (Å²) in [6.07, 6.45) is -4.96. The molecule has 0 aliphatic heterocycles. The largest absolute Gasteiger partial charge is 0.417 e. The van der Waals surface area contributed by atoms with E-state index >= 15 is 0 Å². The van der Waals surface area contributed by atoms with Gasteiger partial charge in [0.25, 0.3) is 0 Å². The van der Waals surface area contributed by atoms with Gasteiger partial charge < -0.3 is 0 Å². The SMILES string of the molecule is CS(C)(C)C#Cc1c(C=O)cc(C(F)(F)F)cc1C(F)(F)F. The van der Waals surface area contributed by atoms with Crippen LogP contribution in [0, 0.1) is 11.2 Å². The van der Waals surface area contributed by atoms with E-state index in [1.807, 2.05) is 0 Å². The molecule has 0 bridgehead atoms. The van der Waals surface area contributed by atoms with Crippen LogP contribution in [0.5, 0.6) is 0 Å². The lowest BCUT2D eigenvalue weighted by atomic mass is 9.98. The van der Waals surface area contributed by atoms with Gasteiger partial charge in [-0.25, -0.2) is 0 Å². The second kappa shape index (κ2) is 5.88. The minimum atomic E-state index is -5.05. The molecule has 0 saturated carbocycles. The van der Waals surface area contributed by atoms with Crippen LogP contribution in [0.3, 0.4) is 0 Å². The van der Waals surface area contributed by atoms with Crippen LogP contribution >= 0.6 is 10.0 Å². The minimum Gasteiger partial charge on any atom is -0.298 e. The first kappa shape index (κ1) is 18.4. The maximum atomic E-state index is 13.0. The molecule has 0 radical (unpaired) electrons. The number of alkyl halides is 6. The first-order valence-electron chi connectivity index (χ1n) is 5.74. The van der Waals surface area contributed by atoms with E-state index in [-0.39, 0.29) is 12.4 Å².